The summed E-state index contributed by atoms with van der Waals surface area (Å²) in [5.41, 5.74) is 0.832. The lowest BCUT2D eigenvalue weighted by atomic mass is 10.1. The summed E-state index contributed by atoms with van der Waals surface area (Å²) in [6, 6.07) is 1.81. The zero-order chi connectivity index (χ0) is 10.0. The van der Waals surface area contributed by atoms with E-state index in [1.807, 2.05) is 6.07 Å². The van der Waals surface area contributed by atoms with Crippen molar-refractivity contribution < 1.29 is 9.53 Å². The number of methoxy groups -OCH3 is 1. The SMILES string of the molecule is COC(=O)C(C)c1cc(Br)nn1C. The van der Waals surface area contributed by atoms with Crippen LogP contribution in [-0.4, -0.2) is 22.9 Å². The van der Waals surface area contributed by atoms with Crippen LogP contribution in [0.3, 0.4) is 0 Å². The molecule has 13 heavy (non-hydrogen) atoms. The van der Waals surface area contributed by atoms with Gasteiger partial charge in [0, 0.05) is 7.05 Å². The fourth-order valence-corrected chi connectivity index (χ4v) is 1.62. The van der Waals surface area contributed by atoms with Gasteiger partial charge in [0.1, 0.15) is 4.60 Å². The van der Waals surface area contributed by atoms with Crippen LogP contribution in [-0.2, 0) is 16.6 Å². The summed E-state index contributed by atoms with van der Waals surface area (Å²) in [5, 5.41) is 4.07. The van der Waals surface area contributed by atoms with Gasteiger partial charge in [0.25, 0.3) is 0 Å². The fraction of sp³-hybridized carbons (Fsp3) is 0.500. The van der Waals surface area contributed by atoms with Gasteiger partial charge in [0.15, 0.2) is 0 Å². The standard InChI is InChI=1S/C8H11BrN2O2/c1-5(8(12)13-3)6-4-7(9)10-11(6)2/h4-5H,1-3H3. The minimum Gasteiger partial charge on any atom is -0.469 e. The summed E-state index contributed by atoms with van der Waals surface area (Å²) < 4.78 is 7.02. The van der Waals surface area contributed by atoms with Crippen molar-refractivity contribution in [3.63, 3.8) is 0 Å². The molecule has 0 N–H and O–H groups in total. The third-order valence-electron chi connectivity index (χ3n) is 1.88. The van der Waals surface area contributed by atoms with E-state index in [9.17, 15) is 4.79 Å². The second-order valence-corrected chi connectivity index (χ2v) is 3.57. The molecule has 0 aliphatic carbocycles. The van der Waals surface area contributed by atoms with Crippen molar-refractivity contribution in [3.8, 4) is 0 Å². The summed E-state index contributed by atoms with van der Waals surface area (Å²) in [7, 11) is 3.17. The average molecular weight is 247 g/mol. The van der Waals surface area contributed by atoms with Crippen LogP contribution < -0.4 is 0 Å². The van der Waals surface area contributed by atoms with E-state index in [0.717, 1.165) is 10.3 Å². The van der Waals surface area contributed by atoms with Crippen molar-refractivity contribution in [1.82, 2.24) is 9.78 Å². The predicted octanol–water partition coefficient (Wildman–Crippen LogP) is 1.46. The maximum atomic E-state index is 11.2. The van der Waals surface area contributed by atoms with Crippen LogP contribution in [0.15, 0.2) is 10.7 Å². The normalized spacial score (nSPS) is 12.6. The molecule has 0 bridgehead atoms. The number of nitrogens with zero attached hydrogens (tertiary/aromatic N) is 2. The number of ether oxygens (including phenoxy) is 1. The van der Waals surface area contributed by atoms with Gasteiger partial charge in [-0.15, -0.1) is 0 Å². The van der Waals surface area contributed by atoms with Crippen LogP contribution in [0.2, 0.25) is 0 Å². The van der Waals surface area contributed by atoms with Crippen LogP contribution in [0, 0.1) is 0 Å². The van der Waals surface area contributed by atoms with Crippen LogP contribution in [0.25, 0.3) is 0 Å². The van der Waals surface area contributed by atoms with Gasteiger partial charge in [0.2, 0.25) is 0 Å². The van der Waals surface area contributed by atoms with Gasteiger partial charge in [0.05, 0.1) is 18.7 Å². The molecule has 0 aliphatic rings. The molecule has 0 saturated carbocycles. The Balaban J connectivity index is 2.94. The zero-order valence-electron chi connectivity index (χ0n) is 7.74. The van der Waals surface area contributed by atoms with Gasteiger partial charge in [-0.1, -0.05) is 0 Å². The van der Waals surface area contributed by atoms with Gasteiger partial charge in [-0.25, -0.2) is 0 Å². The summed E-state index contributed by atoms with van der Waals surface area (Å²) in [6.07, 6.45) is 0. The van der Waals surface area contributed by atoms with Gasteiger partial charge in [-0.2, -0.15) is 5.10 Å². The lowest BCUT2D eigenvalue weighted by molar-refractivity contribution is -0.142. The third-order valence-corrected chi connectivity index (χ3v) is 2.27. The lowest BCUT2D eigenvalue weighted by Gasteiger charge is -2.08. The number of hydrogen-bond donors (Lipinski definition) is 0. The maximum absolute atomic E-state index is 11.2. The van der Waals surface area contributed by atoms with E-state index in [4.69, 9.17) is 0 Å². The van der Waals surface area contributed by atoms with Crippen molar-refractivity contribution >= 4 is 21.9 Å². The monoisotopic (exact) mass is 246 g/mol. The molecule has 4 nitrogen and oxygen atoms in total. The quantitative estimate of drug-likeness (QED) is 0.743. The first-order valence-corrected chi connectivity index (χ1v) is 4.62. The highest BCUT2D eigenvalue weighted by molar-refractivity contribution is 9.10. The molecular weight excluding hydrogens is 236 g/mol. The molecule has 0 spiro atoms. The largest absolute Gasteiger partial charge is 0.469 e. The molecule has 1 aromatic rings. The molecule has 1 heterocycles. The number of aryl methyl sites for hydroxylation is 1. The van der Waals surface area contributed by atoms with Gasteiger partial charge >= 0.3 is 5.97 Å². The molecule has 72 valence electrons. The second-order valence-electron chi connectivity index (χ2n) is 2.76. The molecule has 0 aromatic carbocycles. The lowest BCUT2D eigenvalue weighted by Crippen LogP contribution is -2.14. The predicted molar refractivity (Wildman–Crippen MR) is 51.3 cm³/mol. The highest BCUT2D eigenvalue weighted by Crippen LogP contribution is 2.19. The Morgan fingerprint density at radius 2 is 2.38 bits per heavy atom. The Morgan fingerprint density at radius 1 is 1.77 bits per heavy atom. The summed E-state index contributed by atoms with van der Waals surface area (Å²) in [5.74, 6) is -0.538. The molecule has 0 amide bonds. The van der Waals surface area contributed by atoms with Crippen LogP contribution in [0.4, 0.5) is 0 Å². The minimum atomic E-state index is -0.284. The summed E-state index contributed by atoms with van der Waals surface area (Å²) in [6.45, 7) is 1.79. The highest BCUT2D eigenvalue weighted by atomic mass is 79.9. The van der Waals surface area contributed by atoms with Gasteiger partial charge in [-0.05, 0) is 28.9 Å². The maximum Gasteiger partial charge on any atom is 0.314 e. The molecule has 1 rings (SSSR count). The molecule has 1 unspecified atom stereocenters. The van der Waals surface area contributed by atoms with Crippen molar-refractivity contribution in [1.29, 1.82) is 0 Å². The van der Waals surface area contributed by atoms with Gasteiger partial charge in [-0.3, -0.25) is 9.48 Å². The van der Waals surface area contributed by atoms with Crippen LogP contribution in [0.5, 0.6) is 0 Å². The van der Waals surface area contributed by atoms with Crippen molar-refractivity contribution in [3.05, 3.63) is 16.4 Å². The highest BCUT2D eigenvalue weighted by Gasteiger charge is 2.19. The van der Waals surface area contributed by atoms with E-state index >= 15 is 0 Å². The Kier molecular flexibility index (Phi) is 3.08. The van der Waals surface area contributed by atoms with Crippen molar-refractivity contribution in [2.45, 2.75) is 12.8 Å². The molecular formula is C8H11BrN2O2. The first-order chi connectivity index (χ1) is 6.06. The Morgan fingerprint density at radius 3 is 2.77 bits per heavy atom. The smallest absolute Gasteiger partial charge is 0.314 e. The van der Waals surface area contributed by atoms with Gasteiger partial charge < -0.3 is 4.74 Å². The van der Waals surface area contributed by atoms with Crippen LogP contribution in [0.1, 0.15) is 18.5 Å². The summed E-state index contributed by atoms with van der Waals surface area (Å²) >= 11 is 3.24. The molecule has 0 saturated heterocycles. The molecule has 5 heteroatoms. The number of hydrogen-bond acceptors (Lipinski definition) is 3. The molecule has 1 aromatic heterocycles. The third kappa shape index (κ3) is 2.09. The summed E-state index contributed by atoms with van der Waals surface area (Å²) in [4.78, 5) is 11.2. The number of aromatic nitrogens is 2. The topological polar surface area (TPSA) is 44.1 Å². The Labute approximate surface area is 85.0 Å². The van der Waals surface area contributed by atoms with E-state index in [2.05, 4.69) is 25.8 Å². The number of carbonyl (C=O) groups excluding carboxylic acids is 1. The van der Waals surface area contributed by atoms with E-state index in [-0.39, 0.29) is 11.9 Å². The minimum absolute atomic E-state index is 0.254. The van der Waals surface area contributed by atoms with Crippen molar-refractivity contribution in [2.75, 3.05) is 7.11 Å². The number of halogens is 1. The van der Waals surface area contributed by atoms with Crippen molar-refractivity contribution in [2.24, 2.45) is 7.05 Å². The molecule has 0 aliphatic heterocycles. The first-order valence-electron chi connectivity index (χ1n) is 3.83. The fourth-order valence-electron chi connectivity index (χ4n) is 1.15. The zero-order valence-corrected chi connectivity index (χ0v) is 9.33. The second kappa shape index (κ2) is 3.91. The number of esters is 1. The van der Waals surface area contributed by atoms with E-state index in [1.54, 1.807) is 18.7 Å². The van der Waals surface area contributed by atoms with Crippen LogP contribution >= 0.6 is 15.9 Å². The number of carbonyl (C=O) groups is 1. The Bertz CT molecular complexity index is 322. The molecule has 0 radical (unpaired) electrons. The molecule has 0 fully saturated rings. The van der Waals surface area contributed by atoms with E-state index in [0.29, 0.717) is 0 Å². The number of rotatable bonds is 2. The Hall–Kier alpha value is -0.840. The van der Waals surface area contributed by atoms with E-state index < -0.39 is 0 Å². The van der Waals surface area contributed by atoms with E-state index in [1.165, 1.54) is 7.11 Å². The molecule has 1 atom stereocenters. The first kappa shape index (κ1) is 10.2. The average Bonchev–Trinajstić information content (AvgIpc) is 2.42.